The van der Waals surface area contributed by atoms with Crippen molar-refractivity contribution in [1.82, 2.24) is 4.98 Å². The van der Waals surface area contributed by atoms with Crippen molar-refractivity contribution in [1.29, 1.82) is 0 Å². The minimum Gasteiger partial charge on any atom is -0.388 e. The Morgan fingerprint density at radius 3 is 2.53 bits per heavy atom. The van der Waals surface area contributed by atoms with Crippen molar-refractivity contribution in [2.75, 3.05) is 41.4 Å². The van der Waals surface area contributed by atoms with Crippen molar-refractivity contribution in [2.45, 2.75) is 26.1 Å². The molecule has 2 aromatic heterocycles. The summed E-state index contributed by atoms with van der Waals surface area (Å²) in [5.74, 6) is 0.796. The van der Waals surface area contributed by atoms with Crippen LogP contribution in [0.5, 0.6) is 0 Å². The standard InChI is InChI=1S/C25H32N4O5S2/c1-25(2,31)16-34-15-18-4-3-5-22(27-18)28-24-20(23(26)30)14-21(35-24)17-6-8-19(9-7-17)29-10-12-36(32,33)13-11-29/h3-9,14,31-33H,10-13,15-16H2,1-2H3,(H2,26,30)(H,27,28). The van der Waals surface area contributed by atoms with Crippen LogP contribution in [0.3, 0.4) is 0 Å². The quantitative estimate of drug-likeness (QED) is 0.271. The van der Waals surface area contributed by atoms with E-state index in [2.05, 4.69) is 15.2 Å². The number of nitrogens with one attached hydrogen (secondary N) is 1. The van der Waals surface area contributed by atoms with Gasteiger partial charge in [0.2, 0.25) is 0 Å². The molecule has 36 heavy (non-hydrogen) atoms. The number of nitrogens with two attached hydrogens (primary N) is 1. The van der Waals surface area contributed by atoms with Gasteiger partial charge in [-0.1, -0.05) is 18.2 Å². The van der Waals surface area contributed by atoms with Gasteiger partial charge in [0.1, 0.15) is 10.8 Å². The number of hydrogen-bond donors (Lipinski definition) is 5. The Kier molecular flexibility index (Phi) is 7.88. The van der Waals surface area contributed by atoms with Crippen LogP contribution in [0.2, 0.25) is 0 Å². The Morgan fingerprint density at radius 2 is 1.89 bits per heavy atom. The first-order valence-corrected chi connectivity index (χ1v) is 14.2. The molecule has 0 atom stereocenters. The molecule has 11 heteroatoms. The Morgan fingerprint density at radius 1 is 1.19 bits per heavy atom. The van der Waals surface area contributed by atoms with E-state index in [9.17, 15) is 19.0 Å². The molecule has 1 aromatic carbocycles. The third-order valence-corrected chi connectivity index (χ3v) is 8.42. The molecule has 0 unspecified atom stereocenters. The lowest BCUT2D eigenvalue weighted by molar-refractivity contribution is -0.0276. The van der Waals surface area contributed by atoms with Crippen molar-refractivity contribution < 1.29 is 23.7 Å². The van der Waals surface area contributed by atoms with Crippen molar-refractivity contribution in [3.05, 3.63) is 59.8 Å². The zero-order valence-corrected chi connectivity index (χ0v) is 21.9. The van der Waals surface area contributed by atoms with Gasteiger partial charge >= 0.3 is 0 Å². The van der Waals surface area contributed by atoms with Crippen LogP contribution in [0.4, 0.5) is 16.5 Å². The van der Waals surface area contributed by atoms with Crippen LogP contribution in [-0.4, -0.2) is 61.9 Å². The van der Waals surface area contributed by atoms with Gasteiger partial charge in [-0.3, -0.25) is 13.9 Å². The highest BCUT2D eigenvalue weighted by molar-refractivity contribution is 8.24. The normalized spacial score (nSPS) is 16.5. The Hall–Kier alpha value is -2.67. The maximum atomic E-state index is 12.2. The number of amides is 1. The van der Waals surface area contributed by atoms with Crippen LogP contribution in [-0.2, 0) is 11.3 Å². The highest BCUT2D eigenvalue weighted by Crippen LogP contribution is 2.42. The number of primary amides is 1. The third-order valence-electron chi connectivity index (χ3n) is 5.64. The number of thiophene rings is 1. The second-order valence-corrected chi connectivity index (χ2v) is 12.9. The summed E-state index contributed by atoms with van der Waals surface area (Å²) >= 11 is 1.41. The largest absolute Gasteiger partial charge is 0.388 e. The molecule has 4 rings (SSSR count). The van der Waals surface area contributed by atoms with Gasteiger partial charge in [0.05, 0.1) is 41.6 Å². The number of rotatable bonds is 9. The molecule has 6 N–H and O–H groups in total. The molecule has 0 radical (unpaired) electrons. The Bertz CT molecular complexity index is 1200. The Balaban J connectivity index is 1.48. The van der Waals surface area contributed by atoms with Crippen molar-refractivity contribution in [2.24, 2.45) is 5.73 Å². The molecule has 3 aromatic rings. The van der Waals surface area contributed by atoms with Gasteiger partial charge in [-0.15, -0.1) is 11.3 Å². The summed E-state index contributed by atoms with van der Waals surface area (Å²) in [5.41, 5.74) is 7.78. The van der Waals surface area contributed by atoms with E-state index in [4.69, 9.17) is 10.5 Å². The molecular formula is C25H32N4O5S2. The first-order valence-electron chi connectivity index (χ1n) is 11.5. The molecule has 0 spiro atoms. The smallest absolute Gasteiger partial charge is 0.251 e. The molecule has 1 aliphatic heterocycles. The fourth-order valence-electron chi connectivity index (χ4n) is 3.78. The molecule has 1 aliphatic rings. The van der Waals surface area contributed by atoms with Gasteiger partial charge in [0, 0.05) is 23.7 Å². The molecule has 194 valence electrons. The number of carbonyl (C=O) groups is 1. The van der Waals surface area contributed by atoms with E-state index in [1.165, 1.54) is 11.3 Å². The fraction of sp³-hybridized carbons (Fsp3) is 0.360. The minimum atomic E-state index is -2.44. The van der Waals surface area contributed by atoms with Crippen LogP contribution in [0.25, 0.3) is 10.4 Å². The second kappa shape index (κ2) is 10.8. The van der Waals surface area contributed by atoms with Crippen LogP contribution in [0.1, 0.15) is 29.9 Å². The second-order valence-electron chi connectivity index (χ2n) is 9.41. The number of anilines is 3. The number of hydrogen-bond acceptors (Lipinski definition) is 9. The summed E-state index contributed by atoms with van der Waals surface area (Å²) in [4.78, 5) is 19.7. The highest BCUT2D eigenvalue weighted by Gasteiger charge is 2.22. The van der Waals surface area contributed by atoms with Gasteiger partial charge < -0.3 is 25.8 Å². The van der Waals surface area contributed by atoms with Crippen molar-refractivity contribution >= 4 is 44.3 Å². The average Bonchev–Trinajstić information content (AvgIpc) is 3.23. The average molecular weight is 533 g/mol. The van der Waals surface area contributed by atoms with E-state index in [0.29, 0.717) is 46.7 Å². The number of aliphatic hydroxyl groups is 1. The van der Waals surface area contributed by atoms with E-state index in [0.717, 1.165) is 16.1 Å². The Labute approximate surface area is 216 Å². The van der Waals surface area contributed by atoms with Gasteiger partial charge in [-0.2, -0.15) is 10.6 Å². The molecule has 0 saturated carbocycles. The first-order chi connectivity index (χ1) is 17.0. The van der Waals surface area contributed by atoms with E-state index in [-0.39, 0.29) is 13.2 Å². The molecule has 3 heterocycles. The molecule has 1 saturated heterocycles. The van der Waals surface area contributed by atoms with Crippen LogP contribution < -0.4 is 16.0 Å². The van der Waals surface area contributed by atoms with E-state index < -0.39 is 22.1 Å². The highest BCUT2D eigenvalue weighted by atomic mass is 32.3. The van der Waals surface area contributed by atoms with Gasteiger partial charge in [0.25, 0.3) is 5.91 Å². The van der Waals surface area contributed by atoms with E-state index in [1.54, 1.807) is 26.0 Å². The number of benzene rings is 1. The number of carbonyl (C=O) groups excluding carboxylic acids is 1. The molecule has 1 fully saturated rings. The number of pyridine rings is 1. The topological polar surface area (TPSA) is 141 Å². The summed E-state index contributed by atoms with van der Waals surface area (Å²) in [6, 6.07) is 15.2. The molecular weight excluding hydrogens is 500 g/mol. The fourth-order valence-corrected chi connectivity index (χ4v) is 6.09. The zero-order valence-electron chi connectivity index (χ0n) is 20.3. The predicted molar refractivity (Wildman–Crippen MR) is 147 cm³/mol. The maximum Gasteiger partial charge on any atom is 0.251 e. The summed E-state index contributed by atoms with van der Waals surface area (Å²) in [6.45, 7) is 5.01. The number of ether oxygens (including phenoxy) is 1. The third kappa shape index (κ3) is 6.96. The summed E-state index contributed by atoms with van der Waals surface area (Å²) < 4.78 is 25.2. The SMILES string of the molecule is CC(C)(O)COCc1cccc(Nc2sc(-c3ccc(N4CCS(O)(O)CC4)cc3)cc2C(N)=O)n1. The maximum absolute atomic E-state index is 12.2. The van der Waals surface area contributed by atoms with Crippen LogP contribution in [0, 0.1) is 0 Å². The number of aromatic nitrogens is 1. The lowest BCUT2D eigenvalue weighted by Crippen LogP contribution is -2.38. The van der Waals surface area contributed by atoms with Crippen LogP contribution >= 0.6 is 21.9 Å². The lowest BCUT2D eigenvalue weighted by Gasteiger charge is -2.41. The van der Waals surface area contributed by atoms with E-state index in [1.807, 2.05) is 36.4 Å². The number of nitrogens with zero attached hydrogens (tertiary/aromatic N) is 2. The lowest BCUT2D eigenvalue weighted by atomic mass is 10.1. The molecule has 0 aliphatic carbocycles. The van der Waals surface area contributed by atoms with Gasteiger partial charge in [0.15, 0.2) is 0 Å². The molecule has 0 bridgehead atoms. The summed E-state index contributed by atoms with van der Waals surface area (Å²) in [5, 5.41) is 13.6. The summed E-state index contributed by atoms with van der Waals surface area (Å²) in [6.07, 6.45) is 0. The monoisotopic (exact) mass is 532 g/mol. The predicted octanol–water partition coefficient (Wildman–Crippen LogP) is 4.51. The molecule has 9 nitrogen and oxygen atoms in total. The van der Waals surface area contributed by atoms with Gasteiger partial charge in [-0.25, -0.2) is 4.98 Å². The van der Waals surface area contributed by atoms with Crippen LogP contribution in [0.15, 0.2) is 48.5 Å². The van der Waals surface area contributed by atoms with E-state index >= 15 is 0 Å². The molecule has 1 amide bonds. The zero-order chi connectivity index (χ0) is 25.9. The van der Waals surface area contributed by atoms with Crippen molar-refractivity contribution in [3.63, 3.8) is 0 Å². The minimum absolute atomic E-state index is 0.188. The van der Waals surface area contributed by atoms with Gasteiger partial charge in [-0.05, 0) is 49.7 Å². The summed E-state index contributed by atoms with van der Waals surface area (Å²) in [7, 11) is -2.44. The van der Waals surface area contributed by atoms with Crippen molar-refractivity contribution in [3.8, 4) is 10.4 Å². The first kappa shape index (κ1) is 26.4.